The number of anilines is 1. The quantitative estimate of drug-likeness (QED) is 0.862. The molecule has 0 aliphatic heterocycles. The summed E-state index contributed by atoms with van der Waals surface area (Å²) in [5.41, 5.74) is 0.301. The molecule has 0 spiro atoms. The van der Waals surface area contributed by atoms with Crippen molar-refractivity contribution in [3.63, 3.8) is 0 Å². The first kappa shape index (κ1) is 15.6. The van der Waals surface area contributed by atoms with Crippen molar-refractivity contribution in [1.29, 1.82) is 0 Å². The van der Waals surface area contributed by atoms with Crippen LogP contribution in [-0.4, -0.2) is 39.4 Å². The predicted octanol–water partition coefficient (Wildman–Crippen LogP) is 1.59. The van der Waals surface area contributed by atoms with E-state index >= 15 is 0 Å². The fourth-order valence-electron chi connectivity index (χ4n) is 1.49. The fourth-order valence-corrected chi connectivity index (χ4v) is 2.67. The standard InChI is InChI=1S/C11H14ClNO5S/c1-18-10-4-3-8(7-9(10)12)13(19(2,16)17)6-5-11(14)15/h3-4,7H,5-6H2,1-2H3,(H,14,15). The van der Waals surface area contributed by atoms with E-state index in [1.54, 1.807) is 0 Å². The number of hydrogen-bond acceptors (Lipinski definition) is 4. The summed E-state index contributed by atoms with van der Waals surface area (Å²) >= 11 is 5.92. The van der Waals surface area contributed by atoms with Crippen molar-refractivity contribution < 1.29 is 23.1 Å². The molecule has 0 bridgehead atoms. The van der Waals surface area contributed by atoms with Gasteiger partial charge in [-0.3, -0.25) is 9.10 Å². The molecule has 0 aliphatic carbocycles. The van der Waals surface area contributed by atoms with E-state index in [4.69, 9.17) is 21.4 Å². The first-order chi connectivity index (χ1) is 8.75. The zero-order valence-corrected chi connectivity index (χ0v) is 12.0. The van der Waals surface area contributed by atoms with E-state index in [-0.39, 0.29) is 18.0 Å². The summed E-state index contributed by atoms with van der Waals surface area (Å²) in [6.45, 7) is -0.156. The number of carbonyl (C=O) groups is 1. The monoisotopic (exact) mass is 307 g/mol. The molecule has 1 aromatic carbocycles. The van der Waals surface area contributed by atoms with Crippen molar-refractivity contribution in [3.05, 3.63) is 23.2 Å². The zero-order valence-electron chi connectivity index (χ0n) is 10.5. The van der Waals surface area contributed by atoms with Gasteiger partial charge in [-0.2, -0.15) is 0 Å². The number of hydrogen-bond donors (Lipinski definition) is 1. The molecule has 0 heterocycles. The number of methoxy groups -OCH3 is 1. The number of benzene rings is 1. The molecule has 0 unspecified atom stereocenters. The van der Waals surface area contributed by atoms with Crippen molar-refractivity contribution in [2.45, 2.75) is 6.42 Å². The van der Waals surface area contributed by atoms with Gasteiger partial charge in [0.1, 0.15) is 5.75 Å². The van der Waals surface area contributed by atoms with Gasteiger partial charge in [0.2, 0.25) is 10.0 Å². The summed E-state index contributed by atoms with van der Waals surface area (Å²) in [6.07, 6.45) is 0.712. The fraction of sp³-hybridized carbons (Fsp3) is 0.364. The van der Waals surface area contributed by atoms with Gasteiger partial charge in [-0.25, -0.2) is 8.42 Å². The molecule has 0 aromatic heterocycles. The van der Waals surface area contributed by atoms with E-state index in [0.29, 0.717) is 11.4 Å². The third-order valence-corrected chi connectivity index (χ3v) is 3.84. The van der Waals surface area contributed by atoms with E-state index in [2.05, 4.69) is 0 Å². The van der Waals surface area contributed by atoms with Crippen LogP contribution in [0.3, 0.4) is 0 Å². The van der Waals surface area contributed by atoms with Crippen LogP contribution >= 0.6 is 11.6 Å². The highest BCUT2D eigenvalue weighted by molar-refractivity contribution is 7.92. The second kappa shape index (κ2) is 6.12. The Morgan fingerprint density at radius 1 is 1.47 bits per heavy atom. The lowest BCUT2D eigenvalue weighted by Gasteiger charge is -2.22. The average Bonchev–Trinajstić information content (AvgIpc) is 2.27. The molecule has 1 N–H and O–H groups in total. The minimum Gasteiger partial charge on any atom is -0.495 e. The van der Waals surface area contributed by atoms with Gasteiger partial charge in [-0.05, 0) is 18.2 Å². The van der Waals surface area contributed by atoms with Crippen LogP contribution in [0.5, 0.6) is 5.75 Å². The van der Waals surface area contributed by atoms with Crippen LogP contribution in [0.15, 0.2) is 18.2 Å². The van der Waals surface area contributed by atoms with Gasteiger partial charge in [0.05, 0.1) is 30.5 Å². The lowest BCUT2D eigenvalue weighted by Crippen LogP contribution is -2.32. The molecule has 19 heavy (non-hydrogen) atoms. The zero-order chi connectivity index (χ0) is 14.6. The van der Waals surface area contributed by atoms with Gasteiger partial charge in [0, 0.05) is 6.54 Å². The Morgan fingerprint density at radius 3 is 2.53 bits per heavy atom. The average molecular weight is 308 g/mol. The number of carboxylic acid groups (broad SMARTS) is 1. The third kappa shape index (κ3) is 4.29. The smallest absolute Gasteiger partial charge is 0.305 e. The van der Waals surface area contributed by atoms with E-state index in [1.165, 1.54) is 25.3 Å². The number of nitrogens with zero attached hydrogens (tertiary/aromatic N) is 1. The highest BCUT2D eigenvalue weighted by atomic mass is 35.5. The summed E-state index contributed by atoms with van der Waals surface area (Å²) in [5.74, 6) is -0.662. The number of sulfonamides is 1. The summed E-state index contributed by atoms with van der Waals surface area (Å²) in [7, 11) is -2.14. The molecular weight excluding hydrogens is 294 g/mol. The van der Waals surface area contributed by atoms with E-state index in [1.807, 2.05) is 0 Å². The van der Waals surface area contributed by atoms with Crippen molar-refractivity contribution in [2.75, 3.05) is 24.2 Å². The van der Waals surface area contributed by atoms with Crippen LogP contribution in [0, 0.1) is 0 Å². The third-order valence-electron chi connectivity index (χ3n) is 2.35. The predicted molar refractivity (Wildman–Crippen MR) is 72.4 cm³/mol. The molecular formula is C11H14ClNO5S. The Bertz CT molecular complexity index is 572. The van der Waals surface area contributed by atoms with Crippen LogP contribution < -0.4 is 9.04 Å². The second-order valence-electron chi connectivity index (χ2n) is 3.80. The van der Waals surface area contributed by atoms with Crippen molar-refractivity contribution in [1.82, 2.24) is 0 Å². The summed E-state index contributed by atoms with van der Waals surface area (Å²) in [4.78, 5) is 10.6. The largest absolute Gasteiger partial charge is 0.495 e. The Kier molecular flexibility index (Phi) is 5.02. The lowest BCUT2D eigenvalue weighted by molar-refractivity contribution is -0.136. The van der Waals surface area contributed by atoms with Crippen LogP contribution in [0.1, 0.15) is 6.42 Å². The molecule has 1 rings (SSSR count). The molecule has 106 valence electrons. The molecule has 8 heteroatoms. The van der Waals surface area contributed by atoms with Crippen molar-refractivity contribution >= 4 is 33.3 Å². The van der Waals surface area contributed by atoms with Crippen LogP contribution in [0.25, 0.3) is 0 Å². The second-order valence-corrected chi connectivity index (χ2v) is 6.11. The van der Waals surface area contributed by atoms with E-state index in [0.717, 1.165) is 10.6 Å². The van der Waals surface area contributed by atoms with Gasteiger partial charge in [-0.1, -0.05) is 11.6 Å². The van der Waals surface area contributed by atoms with Crippen LogP contribution in [-0.2, 0) is 14.8 Å². The molecule has 0 saturated carbocycles. The summed E-state index contributed by atoms with van der Waals surface area (Å²) < 4.78 is 29.3. The maximum atomic E-state index is 11.7. The first-order valence-corrected chi connectivity index (χ1v) is 7.51. The van der Waals surface area contributed by atoms with Gasteiger partial charge in [0.15, 0.2) is 0 Å². The minimum absolute atomic E-state index is 0.156. The molecule has 0 fully saturated rings. The first-order valence-electron chi connectivity index (χ1n) is 5.28. The maximum absolute atomic E-state index is 11.7. The molecule has 0 amide bonds. The SMILES string of the molecule is COc1ccc(N(CCC(=O)O)S(C)(=O)=O)cc1Cl. The summed E-state index contributed by atoms with van der Waals surface area (Å²) in [5, 5.41) is 8.90. The Morgan fingerprint density at radius 2 is 2.11 bits per heavy atom. The molecule has 6 nitrogen and oxygen atoms in total. The lowest BCUT2D eigenvalue weighted by atomic mass is 10.3. The van der Waals surface area contributed by atoms with Crippen LogP contribution in [0.4, 0.5) is 5.69 Å². The molecule has 0 saturated heterocycles. The molecule has 0 atom stereocenters. The number of carboxylic acids is 1. The number of ether oxygens (including phenoxy) is 1. The van der Waals surface area contributed by atoms with Crippen molar-refractivity contribution in [2.24, 2.45) is 0 Å². The topological polar surface area (TPSA) is 83.9 Å². The van der Waals surface area contributed by atoms with Crippen LogP contribution in [0.2, 0.25) is 5.02 Å². The van der Waals surface area contributed by atoms with E-state index in [9.17, 15) is 13.2 Å². The highest BCUT2D eigenvalue weighted by Gasteiger charge is 2.19. The highest BCUT2D eigenvalue weighted by Crippen LogP contribution is 2.30. The van der Waals surface area contributed by atoms with Gasteiger partial charge >= 0.3 is 5.97 Å². The Balaban J connectivity index is 3.11. The van der Waals surface area contributed by atoms with E-state index < -0.39 is 16.0 Å². The summed E-state index contributed by atoms with van der Waals surface area (Å²) in [6, 6.07) is 4.45. The molecule has 0 radical (unpaired) electrons. The molecule has 0 aliphatic rings. The maximum Gasteiger partial charge on any atom is 0.305 e. The number of aliphatic carboxylic acids is 1. The minimum atomic E-state index is -3.58. The normalized spacial score (nSPS) is 11.1. The number of rotatable bonds is 6. The van der Waals surface area contributed by atoms with Gasteiger partial charge < -0.3 is 9.84 Å². The number of halogens is 1. The van der Waals surface area contributed by atoms with Gasteiger partial charge in [-0.15, -0.1) is 0 Å². The van der Waals surface area contributed by atoms with Gasteiger partial charge in [0.25, 0.3) is 0 Å². The Hall–Kier alpha value is -1.47. The Labute approximate surface area is 116 Å². The van der Waals surface area contributed by atoms with Crippen molar-refractivity contribution in [3.8, 4) is 5.75 Å². The molecule has 1 aromatic rings.